The number of amides is 2. The number of para-hydroxylation sites is 1. The molecule has 0 unspecified atom stereocenters. The van der Waals surface area contributed by atoms with Gasteiger partial charge < -0.3 is 10.2 Å². The minimum Gasteiger partial charge on any atom is -0.352 e. The Morgan fingerprint density at radius 1 is 0.967 bits per heavy atom. The van der Waals surface area contributed by atoms with Gasteiger partial charge in [-0.15, -0.1) is 0 Å². The molecular formula is C21H24FN3O4S. The first-order valence-corrected chi connectivity index (χ1v) is 11.3. The van der Waals surface area contributed by atoms with Gasteiger partial charge in [-0.1, -0.05) is 12.1 Å². The van der Waals surface area contributed by atoms with Crippen LogP contribution >= 0.6 is 0 Å². The van der Waals surface area contributed by atoms with Crippen molar-refractivity contribution in [2.75, 3.05) is 24.4 Å². The van der Waals surface area contributed by atoms with Gasteiger partial charge in [0.1, 0.15) is 5.82 Å². The molecule has 0 saturated carbocycles. The average Bonchev–Trinajstić information content (AvgIpc) is 2.76. The molecule has 2 amide bonds. The van der Waals surface area contributed by atoms with Crippen LogP contribution in [0.5, 0.6) is 0 Å². The molecule has 1 saturated heterocycles. The molecule has 2 aromatic rings. The highest BCUT2D eigenvalue weighted by molar-refractivity contribution is 7.92. The van der Waals surface area contributed by atoms with Gasteiger partial charge in [-0.25, -0.2) is 12.8 Å². The van der Waals surface area contributed by atoms with E-state index in [1.54, 1.807) is 0 Å². The summed E-state index contributed by atoms with van der Waals surface area (Å²) in [6.07, 6.45) is 3.39. The average molecular weight is 434 g/mol. The molecular weight excluding hydrogens is 409 g/mol. The van der Waals surface area contributed by atoms with Crippen molar-refractivity contribution in [3.05, 3.63) is 59.9 Å². The zero-order valence-corrected chi connectivity index (χ0v) is 17.3. The quantitative estimate of drug-likeness (QED) is 0.702. The summed E-state index contributed by atoms with van der Waals surface area (Å²) < 4.78 is 40.7. The van der Waals surface area contributed by atoms with Crippen molar-refractivity contribution in [1.29, 1.82) is 0 Å². The van der Waals surface area contributed by atoms with Crippen LogP contribution in [0.1, 0.15) is 36.0 Å². The molecule has 1 aliphatic heterocycles. The highest BCUT2D eigenvalue weighted by Crippen LogP contribution is 2.19. The van der Waals surface area contributed by atoms with Crippen molar-refractivity contribution >= 4 is 27.5 Å². The highest BCUT2D eigenvalue weighted by Gasteiger charge is 2.18. The largest absolute Gasteiger partial charge is 0.352 e. The number of nitrogens with one attached hydrogen (secondary N) is 2. The van der Waals surface area contributed by atoms with Gasteiger partial charge in [0, 0.05) is 31.6 Å². The Bertz CT molecular complexity index is 1000. The molecule has 1 heterocycles. The van der Waals surface area contributed by atoms with E-state index in [9.17, 15) is 22.4 Å². The summed E-state index contributed by atoms with van der Waals surface area (Å²) >= 11 is 0. The summed E-state index contributed by atoms with van der Waals surface area (Å²) in [5.41, 5.74) is 0.114. The van der Waals surface area contributed by atoms with Crippen molar-refractivity contribution in [2.24, 2.45) is 0 Å². The number of anilines is 1. The van der Waals surface area contributed by atoms with E-state index in [1.807, 2.05) is 4.90 Å². The predicted octanol–water partition coefficient (Wildman–Crippen LogP) is 2.76. The zero-order chi connectivity index (χ0) is 21.6. The molecule has 0 spiro atoms. The number of halogens is 1. The van der Waals surface area contributed by atoms with Crippen LogP contribution in [-0.4, -0.2) is 44.8 Å². The van der Waals surface area contributed by atoms with Crippen LogP contribution in [0.2, 0.25) is 0 Å². The molecule has 7 nitrogen and oxygen atoms in total. The lowest BCUT2D eigenvalue weighted by molar-refractivity contribution is -0.131. The molecule has 2 N–H and O–H groups in total. The van der Waals surface area contributed by atoms with E-state index in [4.69, 9.17) is 0 Å². The second-order valence-corrected chi connectivity index (χ2v) is 8.74. The fourth-order valence-corrected chi connectivity index (χ4v) is 4.29. The van der Waals surface area contributed by atoms with Crippen molar-refractivity contribution in [3.8, 4) is 0 Å². The van der Waals surface area contributed by atoms with Gasteiger partial charge in [0.25, 0.3) is 15.9 Å². The third-order valence-electron chi connectivity index (χ3n) is 4.88. The second kappa shape index (κ2) is 9.71. The number of sulfonamides is 1. The zero-order valence-electron chi connectivity index (χ0n) is 16.4. The predicted molar refractivity (Wildman–Crippen MR) is 111 cm³/mol. The number of carbonyl (C=O) groups is 2. The van der Waals surface area contributed by atoms with E-state index < -0.39 is 21.7 Å². The smallest absolute Gasteiger partial charge is 0.261 e. The minimum atomic E-state index is -3.99. The van der Waals surface area contributed by atoms with Gasteiger partial charge in [0.05, 0.1) is 10.6 Å². The highest BCUT2D eigenvalue weighted by atomic mass is 32.2. The number of carbonyl (C=O) groups excluding carboxylic acids is 2. The van der Waals surface area contributed by atoms with Crippen molar-refractivity contribution < 1.29 is 22.4 Å². The van der Waals surface area contributed by atoms with Crippen LogP contribution in [0, 0.1) is 5.82 Å². The Hall–Kier alpha value is -2.94. The Balaban J connectivity index is 1.54. The minimum absolute atomic E-state index is 0.0238. The standard InChI is InChI=1S/C21H24FN3O4S/c22-18-6-2-3-7-19(18)24-30(28,29)17-10-8-16(9-11-17)21(27)23-13-12-20(26)25-14-4-1-5-15-25/h2-3,6-11,24H,1,4-5,12-15H2,(H,23,27). The molecule has 0 aromatic heterocycles. The maximum Gasteiger partial charge on any atom is 0.261 e. The van der Waals surface area contributed by atoms with E-state index in [2.05, 4.69) is 10.0 Å². The van der Waals surface area contributed by atoms with Crippen LogP contribution in [-0.2, 0) is 14.8 Å². The fourth-order valence-electron chi connectivity index (χ4n) is 3.22. The lowest BCUT2D eigenvalue weighted by Gasteiger charge is -2.26. The van der Waals surface area contributed by atoms with E-state index in [1.165, 1.54) is 42.5 Å². The second-order valence-electron chi connectivity index (χ2n) is 7.06. The SMILES string of the molecule is O=C(NCCC(=O)N1CCCCC1)c1ccc(S(=O)(=O)Nc2ccccc2F)cc1. The number of piperidine rings is 1. The van der Waals surface area contributed by atoms with Crippen molar-refractivity contribution in [3.63, 3.8) is 0 Å². The fraction of sp³-hybridized carbons (Fsp3) is 0.333. The summed E-state index contributed by atoms with van der Waals surface area (Å²) in [7, 11) is -3.99. The molecule has 3 rings (SSSR count). The van der Waals surface area contributed by atoms with Gasteiger partial charge in [0.15, 0.2) is 0 Å². The van der Waals surface area contributed by atoms with E-state index >= 15 is 0 Å². The number of hydrogen-bond acceptors (Lipinski definition) is 4. The third kappa shape index (κ3) is 5.56. The van der Waals surface area contributed by atoms with E-state index in [0.717, 1.165) is 38.4 Å². The van der Waals surface area contributed by atoms with Gasteiger partial charge >= 0.3 is 0 Å². The number of nitrogens with zero attached hydrogens (tertiary/aromatic N) is 1. The van der Waals surface area contributed by atoms with Crippen LogP contribution in [0.4, 0.5) is 10.1 Å². The Labute approximate surface area is 175 Å². The molecule has 0 radical (unpaired) electrons. The summed E-state index contributed by atoms with van der Waals surface area (Å²) in [6.45, 7) is 1.75. The van der Waals surface area contributed by atoms with Gasteiger partial charge in [-0.3, -0.25) is 14.3 Å². The Morgan fingerprint density at radius 3 is 2.30 bits per heavy atom. The number of benzene rings is 2. The van der Waals surface area contributed by atoms with Crippen molar-refractivity contribution in [1.82, 2.24) is 10.2 Å². The van der Waals surface area contributed by atoms with Crippen LogP contribution in [0.15, 0.2) is 53.4 Å². The number of likely N-dealkylation sites (tertiary alicyclic amines) is 1. The number of rotatable bonds is 7. The molecule has 1 fully saturated rings. The molecule has 0 atom stereocenters. The third-order valence-corrected chi connectivity index (χ3v) is 6.26. The molecule has 0 bridgehead atoms. The van der Waals surface area contributed by atoms with E-state index in [0.29, 0.717) is 0 Å². The molecule has 1 aliphatic rings. The summed E-state index contributed by atoms with van der Waals surface area (Å²) in [5, 5.41) is 2.67. The summed E-state index contributed by atoms with van der Waals surface area (Å²) in [4.78, 5) is 26.1. The number of hydrogen-bond donors (Lipinski definition) is 2. The topological polar surface area (TPSA) is 95.6 Å². The molecule has 9 heteroatoms. The normalized spacial score (nSPS) is 14.2. The summed E-state index contributed by atoms with van der Waals surface area (Å²) in [6, 6.07) is 10.7. The lowest BCUT2D eigenvalue weighted by atomic mass is 10.1. The van der Waals surface area contributed by atoms with E-state index in [-0.39, 0.29) is 35.0 Å². The maximum atomic E-state index is 13.7. The van der Waals surface area contributed by atoms with Crippen LogP contribution in [0.25, 0.3) is 0 Å². The first kappa shape index (κ1) is 21.8. The van der Waals surface area contributed by atoms with Gasteiger partial charge in [-0.2, -0.15) is 0 Å². The summed E-state index contributed by atoms with van der Waals surface area (Å²) in [5.74, 6) is -1.06. The molecule has 160 valence electrons. The van der Waals surface area contributed by atoms with Crippen molar-refractivity contribution in [2.45, 2.75) is 30.6 Å². The maximum absolute atomic E-state index is 13.7. The molecule has 0 aliphatic carbocycles. The van der Waals surface area contributed by atoms with Crippen LogP contribution < -0.4 is 10.0 Å². The Kier molecular flexibility index (Phi) is 7.04. The molecule has 30 heavy (non-hydrogen) atoms. The lowest BCUT2D eigenvalue weighted by Crippen LogP contribution is -2.37. The van der Waals surface area contributed by atoms with Gasteiger partial charge in [-0.05, 0) is 55.7 Å². The monoisotopic (exact) mass is 433 g/mol. The Morgan fingerprint density at radius 2 is 1.63 bits per heavy atom. The first-order chi connectivity index (χ1) is 14.4. The first-order valence-electron chi connectivity index (χ1n) is 9.80. The van der Waals surface area contributed by atoms with Gasteiger partial charge in [0.2, 0.25) is 5.91 Å². The molecule has 2 aromatic carbocycles. The van der Waals surface area contributed by atoms with Crippen LogP contribution in [0.3, 0.4) is 0 Å².